The van der Waals surface area contributed by atoms with Crippen LogP contribution in [-0.4, -0.2) is 47.8 Å². The van der Waals surface area contributed by atoms with Gasteiger partial charge >= 0.3 is 5.97 Å². The molecule has 2 heterocycles. The van der Waals surface area contributed by atoms with E-state index in [1.54, 1.807) is 24.3 Å². The van der Waals surface area contributed by atoms with Crippen molar-refractivity contribution in [3.05, 3.63) is 82.3 Å². The molecule has 10 heteroatoms. The Hall–Kier alpha value is -3.85. The Morgan fingerprint density at radius 3 is 2.74 bits per heavy atom. The average molecular weight is 500 g/mol. The zero-order valence-corrected chi connectivity index (χ0v) is 19.3. The van der Waals surface area contributed by atoms with Crippen LogP contribution in [0.25, 0.3) is 0 Å². The van der Waals surface area contributed by atoms with Gasteiger partial charge in [-0.2, -0.15) is 0 Å². The van der Waals surface area contributed by atoms with Gasteiger partial charge in [-0.15, -0.1) is 0 Å². The van der Waals surface area contributed by atoms with Crippen molar-refractivity contribution in [2.75, 3.05) is 25.1 Å². The van der Waals surface area contributed by atoms with Crippen molar-refractivity contribution in [2.24, 2.45) is 0 Å². The molecule has 8 nitrogen and oxygen atoms in total. The first-order valence-electron chi connectivity index (χ1n) is 11.0. The van der Waals surface area contributed by atoms with Gasteiger partial charge in [0.25, 0.3) is 5.91 Å². The molecular weight excluding hydrogens is 477 g/mol. The number of carboxylic acids is 1. The van der Waals surface area contributed by atoms with Crippen LogP contribution < -0.4 is 20.1 Å². The van der Waals surface area contributed by atoms with Crippen LogP contribution in [0.5, 0.6) is 11.5 Å². The SMILES string of the molecule is O=C(N[C@@H](Cc1ccc(OCCc2ccc3c(n2)NCCO3)cc1)C(=O)O)c1ccc(F)cc1Cl. The molecule has 0 spiro atoms. The van der Waals surface area contributed by atoms with Gasteiger partial charge in [0.1, 0.15) is 24.2 Å². The van der Waals surface area contributed by atoms with Crippen LogP contribution in [0, 0.1) is 5.82 Å². The highest BCUT2D eigenvalue weighted by atomic mass is 35.5. The normalized spacial score (nSPS) is 13.1. The van der Waals surface area contributed by atoms with Gasteiger partial charge in [0.05, 0.1) is 23.7 Å². The topological polar surface area (TPSA) is 110 Å². The zero-order chi connectivity index (χ0) is 24.8. The Morgan fingerprint density at radius 2 is 2.00 bits per heavy atom. The summed E-state index contributed by atoms with van der Waals surface area (Å²) >= 11 is 5.90. The Balaban J connectivity index is 1.30. The quantitative estimate of drug-likeness (QED) is 0.411. The minimum atomic E-state index is -1.20. The number of rotatable bonds is 9. The maximum atomic E-state index is 13.2. The van der Waals surface area contributed by atoms with Crippen LogP contribution in [0.1, 0.15) is 21.6 Å². The van der Waals surface area contributed by atoms with Crippen LogP contribution in [0.4, 0.5) is 10.2 Å². The third-order valence-electron chi connectivity index (χ3n) is 5.34. The maximum absolute atomic E-state index is 13.2. The fraction of sp³-hybridized carbons (Fsp3) is 0.240. The van der Waals surface area contributed by atoms with E-state index in [0.29, 0.717) is 30.9 Å². The summed E-state index contributed by atoms with van der Waals surface area (Å²) in [6.07, 6.45) is 0.657. The monoisotopic (exact) mass is 499 g/mol. The van der Waals surface area contributed by atoms with E-state index >= 15 is 0 Å². The minimum absolute atomic E-state index is 0.000196. The number of anilines is 1. The number of hydrogen-bond acceptors (Lipinski definition) is 6. The fourth-order valence-corrected chi connectivity index (χ4v) is 3.79. The summed E-state index contributed by atoms with van der Waals surface area (Å²) in [5.41, 5.74) is 1.57. The summed E-state index contributed by atoms with van der Waals surface area (Å²) in [6, 6.07) is 12.8. The number of aliphatic carboxylic acids is 1. The molecule has 0 bridgehead atoms. The summed E-state index contributed by atoms with van der Waals surface area (Å²) in [5.74, 6) is -0.376. The molecule has 1 aromatic heterocycles. The Bertz CT molecular complexity index is 1220. The van der Waals surface area contributed by atoms with E-state index in [1.807, 2.05) is 12.1 Å². The van der Waals surface area contributed by atoms with E-state index < -0.39 is 23.7 Å². The number of nitrogens with one attached hydrogen (secondary N) is 2. The first kappa shape index (κ1) is 24.3. The van der Waals surface area contributed by atoms with Crippen LogP contribution in [0.2, 0.25) is 5.02 Å². The summed E-state index contributed by atoms with van der Waals surface area (Å²) in [4.78, 5) is 28.7. The smallest absolute Gasteiger partial charge is 0.326 e. The van der Waals surface area contributed by atoms with Gasteiger partial charge in [-0.25, -0.2) is 14.2 Å². The lowest BCUT2D eigenvalue weighted by Gasteiger charge is -2.18. The third-order valence-corrected chi connectivity index (χ3v) is 5.65. The molecule has 1 amide bonds. The molecule has 3 aromatic rings. The molecule has 4 rings (SSSR count). The summed E-state index contributed by atoms with van der Waals surface area (Å²) < 4.78 is 24.5. The molecule has 0 unspecified atom stereocenters. The lowest BCUT2D eigenvalue weighted by molar-refractivity contribution is -0.139. The number of benzene rings is 2. The van der Waals surface area contributed by atoms with Crippen molar-refractivity contribution in [1.29, 1.82) is 0 Å². The number of aromatic nitrogens is 1. The van der Waals surface area contributed by atoms with Gasteiger partial charge in [0.2, 0.25) is 0 Å². The molecule has 0 radical (unpaired) electrons. The summed E-state index contributed by atoms with van der Waals surface area (Å²) in [7, 11) is 0. The number of ether oxygens (including phenoxy) is 2. The second-order valence-corrected chi connectivity index (χ2v) is 8.27. The van der Waals surface area contributed by atoms with Crippen molar-refractivity contribution in [3.8, 4) is 11.5 Å². The van der Waals surface area contributed by atoms with Gasteiger partial charge in [0.15, 0.2) is 11.6 Å². The molecule has 182 valence electrons. The van der Waals surface area contributed by atoms with Crippen LogP contribution in [-0.2, 0) is 17.6 Å². The van der Waals surface area contributed by atoms with Crippen molar-refractivity contribution >= 4 is 29.3 Å². The number of halogens is 2. The highest BCUT2D eigenvalue weighted by molar-refractivity contribution is 6.33. The number of carboxylic acid groups (broad SMARTS) is 1. The van der Waals surface area contributed by atoms with E-state index in [-0.39, 0.29) is 17.0 Å². The Morgan fingerprint density at radius 1 is 1.20 bits per heavy atom. The van der Waals surface area contributed by atoms with Crippen LogP contribution in [0.3, 0.4) is 0 Å². The van der Waals surface area contributed by atoms with E-state index in [2.05, 4.69) is 15.6 Å². The minimum Gasteiger partial charge on any atom is -0.493 e. The zero-order valence-electron chi connectivity index (χ0n) is 18.6. The summed E-state index contributed by atoms with van der Waals surface area (Å²) in [6.45, 7) is 1.76. The molecule has 3 N–H and O–H groups in total. The van der Waals surface area contributed by atoms with Crippen LogP contribution in [0.15, 0.2) is 54.6 Å². The van der Waals surface area contributed by atoms with E-state index in [4.69, 9.17) is 21.1 Å². The average Bonchev–Trinajstić information content (AvgIpc) is 2.84. The molecule has 0 saturated heterocycles. The van der Waals surface area contributed by atoms with Gasteiger partial charge < -0.3 is 25.2 Å². The first-order valence-corrected chi connectivity index (χ1v) is 11.3. The van der Waals surface area contributed by atoms with E-state index in [0.717, 1.165) is 35.9 Å². The van der Waals surface area contributed by atoms with Crippen LogP contribution >= 0.6 is 11.6 Å². The lowest BCUT2D eigenvalue weighted by Crippen LogP contribution is -2.42. The summed E-state index contributed by atoms with van der Waals surface area (Å²) in [5, 5.41) is 15.1. The molecule has 1 aliphatic heterocycles. The van der Waals surface area contributed by atoms with E-state index in [9.17, 15) is 19.1 Å². The van der Waals surface area contributed by atoms with Crippen molar-refractivity contribution in [2.45, 2.75) is 18.9 Å². The number of carbonyl (C=O) groups is 2. The van der Waals surface area contributed by atoms with Gasteiger partial charge in [-0.05, 0) is 48.0 Å². The number of fused-ring (bicyclic) bond motifs is 1. The highest BCUT2D eigenvalue weighted by Crippen LogP contribution is 2.25. The number of carbonyl (C=O) groups excluding carboxylic acids is 1. The second-order valence-electron chi connectivity index (χ2n) is 7.86. The Kier molecular flexibility index (Phi) is 7.67. The number of pyridine rings is 1. The van der Waals surface area contributed by atoms with Crippen molar-refractivity contribution in [1.82, 2.24) is 10.3 Å². The fourth-order valence-electron chi connectivity index (χ4n) is 3.54. The largest absolute Gasteiger partial charge is 0.493 e. The highest BCUT2D eigenvalue weighted by Gasteiger charge is 2.22. The van der Waals surface area contributed by atoms with Gasteiger partial charge in [0, 0.05) is 18.5 Å². The van der Waals surface area contributed by atoms with Gasteiger partial charge in [-0.1, -0.05) is 23.7 Å². The third kappa shape index (κ3) is 6.39. The predicted molar refractivity (Wildman–Crippen MR) is 128 cm³/mol. The molecule has 0 fully saturated rings. The molecule has 35 heavy (non-hydrogen) atoms. The Labute approximate surface area is 206 Å². The number of hydrogen-bond donors (Lipinski definition) is 3. The maximum Gasteiger partial charge on any atom is 0.326 e. The molecule has 0 aliphatic carbocycles. The standard InChI is InChI=1S/C25H23ClFN3O5/c26-20-14-16(27)3-7-19(20)24(31)30-21(25(32)33)13-15-1-5-18(6-2-15)34-11-9-17-4-8-22-23(29-17)28-10-12-35-22/h1-8,14,21H,9-13H2,(H,28,29)(H,30,31)(H,32,33)/t21-/m0/s1. The lowest BCUT2D eigenvalue weighted by atomic mass is 10.1. The molecule has 0 saturated carbocycles. The molecule has 1 aliphatic rings. The molecular formula is C25H23ClFN3O5. The van der Waals surface area contributed by atoms with Crippen molar-refractivity contribution < 1.29 is 28.6 Å². The number of amides is 1. The second kappa shape index (κ2) is 11.1. The predicted octanol–water partition coefficient (Wildman–Crippen LogP) is 3.73. The van der Waals surface area contributed by atoms with Crippen molar-refractivity contribution in [3.63, 3.8) is 0 Å². The number of nitrogens with zero attached hydrogens (tertiary/aromatic N) is 1. The van der Waals surface area contributed by atoms with Gasteiger partial charge in [-0.3, -0.25) is 4.79 Å². The molecule has 1 atom stereocenters. The van der Waals surface area contributed by atoms with E-state index in [1.165, 1.54) is 6.07 Å². The molecule has 2 aromatic carbocycles. The first-order chi connectivity index (χ1) is 16.9.